The summed E-state index contributed by atoms with van der Waals surface area (Å²) in [6.45, 7) is 12.5. The zero-order valence-corrected chi connectivity index (χ0v) is 44.0. The number of alkyl carbamates (subject to hydrolysis) is 1. The topological polar surface area (TPSA) is 237 Å². The summed E-state index contributed by atoms with van der Waals surface area (Å²) in [7, 11) is 0. The lowest BCUT2D eigenvalue weighted by atomic mass is 9.44. The highest BCUT2D eigenvalue weighted by molar-refractivity contribution is 8.01. The molecule has 0 aromatic heterocycles. The number of alkyl halides is 2. The number of fused-ring (bicyclic) bond motifs is 5. The second kappa shape index (κ2) is 20.7. The summed E-state index contributed by atoms with van der Waals surface area (Å²) < 4.78 is 42.9. The minimum absolute atomic E-state index is 0.00663. The maximum Gasteiger partial charge on any atom is 0.408 e. The van der Waals surface area contributed by atoms with Crippen molar-refractivity contribution >= 4 is 76.7 Å². The van der Waals surface area contributed by atoms with Gasteiger partial charge in [0, 0.05) is 37.0 Å². The van der Waals surface area contributed by atoms with Gasteiger partial charge in [-0.2, -0.15) is 0 Å². The average Bonchev–Trinajstić information content (AvgIpc) is 3.31. The van der Waals surface area contributed by atoms with Crippen LogP contribution in [-0.2, 0) is 57.1 Å². The lowest BCUT2D eigenvalue weighted by Gasteiger charge is -2.67. The second-order valence-corrected chi connectivity index (χ2v) is 22.8. The molecule has 2 saturated carbocycles. The zero-order chi connectivity index (χ0) is 53.6. The summed E-state index contributed by atoms with van der Waals surface area (Å²) in [6.07, 6.45) is -10.5. The molecular weight excluding hydrogens is 1010 g/mol. The van der Waals surface area contributed by atoms with Crippen LogP contribution < -0.4 is 5.32 Å². The van der Waals surface area contributed by atoms with Crippen LogP contribution in [0, 0.1) is 16.7 Å². The molecule has 3 aromatic carbocycles. The molecule has 1 saturated heterocycles. The molecule has 4 aliphatic rings. The van der Waals surface area contributed by atoms with Crippen molar-refractivity contribution in [1.29, 1.82) is 0 Å². The highest BCUT2D eigenvalue weighted by Crippen LogP contribution is 2.65. The Bertz CT molecular complexity index is 2660. The summed E-state index contributed by atoms with van der Waals surface area (Å²) in [6, 6.07) is 22.6. The van der Waals surface area contributed by atoms with Crippen molar-refractivity contribution in [3.8, 4) is 0 Å². The Morgan fingerprint density at radius 2 is 1.42 bits per heavy atom. The first kappa shape index (κ1) is 55.3. The summed E-state index contributed by atoms with van der Waals surface area (Å²) in [5.74, 6) is -8.00. The number of rotatable bonds is 13. The number of aliphatic hydroxyl groups is 2. The van der Waals surface area contributed by atoms with Gasteiger partial charge in [0.2, 0.25) is 4.84 Å². The van der Waals surface area contributed by atoms with Crippen LogP contribution in [0.4, 0.5) is 4.79 Å². The van der Waals surface area contributed by atoms with Gasteiger partial charge in [0.05, 0.1) is 23.5 Å². The van der Waals surface area contributed by atoms with Crippen LogP contribution in [0.3, 0.4) is 0 Å². The molecule has 0 radical (unpaired) electrons. The van der Waals surface area contributed by atoms with Crippen molar-refractivity contribution < 1.29 is 76.9 Å². The van der Waals surface area contributed by atoms with Crippen LogP contribution in [0.2, 0.25) is 0 Å². The molecule has 11 atom stereocenters. The normalized spacial score (nSPS) is 29.5. The summed E-state index contributed by atoms with van der Waals surface area (Å²) in [5.41, 5.74) is -9.32. The molecule has 3 aliphatic carbocycles. The SMILES string of the molecule is CC(=O)O[C@](Sc1ccccc1)(C(=O)O[C@H]1C[C@@]2(O)C(OC(=O)c3ccccc3)C3[C@](C)(C(=O)[C@H](O)C(=C1C)C2(C)C)[C@@H](OC(=O)C(Cl)Cl)C[C@H]1OC[C@@]31OC(C)=O)[C@@H](NC(=O)OC(C)(C)C)c1ccccc1. The molecule has 2 unspecified atom stereocenters. The fourth-order valence-electron chi connectivity index (χ4n) is 11.0. The van der Waals surface area contributed by atoms with E-state index >= 15 is 9.59 Å². The van der Waals surface area contributed by atoms with E-state index in [-0.39, 0.29) is 28.7 Å². The largest absolute Gasteiger partial charge is 0.459 e. The number of hydrogen-bond acceptors (Lipinski definition) is 17. The van der Waals surface area contributed by atoms with Gasteiger partial charge in [0.15, 0.2) is 11.4 Å². The molecule has 392 valence electrons. The van der Waals surface area contributed by atoms with Gasteiger partial charge >= 0.3 is 35.9 Å². The molecule has 2 bridgehead atoms. The first-order valence-electron chi connectivity index (χ1n) is 23.5. The molecule has 3 fully saturated rings. The third-order valence-electron chi connectivity index (χ3n) is 14.3. The lowest BCUT2D eigenvalue weighted by molar-refractivity contribution is -0.346. The Hall–Kier alpha value is -5.50. The maximum absolute atomic E-state index is 15.8. The Labute approximate surface area is 436 Å². The number of Topliss-reactive ketones (excluding diaryl/α,β-unsaturated/α-hetero) is 1. The molecular formula is C53H59Cl2NO16S. The molecule has 7 rings (SSSR count). The standard InChI is InChI=1S/C53H59Cl2NO16S/c1-28-34(67-46(63)53(71-30(3)58,73-33-23-17-12-18-24-33)40(31-19-13-10-14-20-31)56-47(64)72-48(4,5)6)26-52(65)42(69-44(61)32-21-15-11-16-22-32)39-50(9,41(60)38(59)37(28)49(52,7)8)35(68-45(62)43(54)55)25-36-51(39,27-66-36)70-29(2)57/h10-24,34-36,38-40,42-43,59,65H,25-27H2,1-9H3,(H,56,64)/t34-,35-,36+,38+,39?,40-,42?,50+,51-,52+,53+/m0/s1. The molecule has 1 amide bonds. The van der Waals surface area contributed by atoms with E-state index in [1.807, 2.05) is 0 Å². The quantitative estimate of drug-likeness (QED) is 0.0380. The van der Waals surface area contributed by atoms with Crippen molar-refractivity contribution in [3.63, 3.8) is 0 Å². The number of halogens is 2. The molecule has 73 heavy (non-hydrogen) atoms. The predicted octanol–water partition coefficient (Wildman–Crippen LogP) is 7.31. The molecule has 0 spiro atoms. The van der Waals surface area contributed by atoms with Gasteiger partial charge in [-0.25, -0.2) is 19.2 Å². The van der Waals surface area contributed by atoms with Crippen LogP contribution in [0.25, 0.3) is 0 Å². The number of amides is 1. The van der Waals surface area contributed by atoms with E-state index in [9.17, 15) is 34.2 Å². The Morgan fingerprint density at radius 3 is 1.96 bits per heavy atom. The van der Waals surface area contributed by atoms with Crippen molar-refractivity contribution in [2.75, 3.05) is 6.61 Å². The Morgan fingerprint density at radius 1 is 0.836 bits per heavy atom. The Balaban J connectivity index is 1.48. The molecule has 1 heterocycles. The maximum atomic E-state index is 15.8. The van der Waals surface area contributed by atoms with Gasteiger partial charge in [0.25, 0.3) is 4.93 Å². The van der Waals surface area contributed by atoms with E-state index in [4.69, 9.17) is 56.4 Å². The number of ketones is 1. The van der Waals surface area contributed by atoms with Gasteiger partial charge in [-0.3, -0.25) is 14.4 Å². The highest BCUT2D eigenvalue weighted by Gasteiger charge is 2.79. The number of nitrogens with one attached hydrogen (secondary N) is 1. The van der Waals surface area contributed by atoms with Gasteiger partial charge < -0.3 is 48.7 Å². The fraction of sp³-hybridized carbons (Fsp3) is 0.491. The van der Waals surface area contributed by atoms with Crippen molar-refractivity contribution in [2.24, 2.45) is 16.7 Å². The highest BCUT2D eigenvalue weighted by atomic mass is 35.5. The van der Waals surface area contributed by atoms with E-state index in [1.165, 1.54) is 39.8 Å². The predicted molar refractivity (Wildman–Crippen MR) is 264 cm³/mol. The molecule has 20 heteroatoms. The molecule has 1 aliphatic heterocycles. The van der Waals surface area contributed by atoms with Crippen LogP contribution in [0.15, 0.2) is 107 Å². The van der Waals surface area contributed by atoms with E-state index in [0.29, 0.717) is 4.90 Å². The third kappa shape index (κ3) is 10.2. The number of benzene rings is 3. The second-order valence-electron chi connectivity index (χ2n) is 20.4. The number of aliphatic hydroxyl groups excluding tert-OH is 1. The summed E-state index contributed by atoms with van der Waals surface area (Å²) >= 11 is 12.7. The number of thioether (sulfide) groups is 1. The number of esters is 5. The average molecular weight is 1070 g/mol. The number of carbonyl (C=O) groups is 7. The van der Waals surface area contributed by atoms with E-state index in [0.717, 1.165) is 25.6 Å². The summed E-state index contributed by atoms with van der Waals surface area (Å²) in [5, 5.41) is 29.6. The van der Waals surface area contributed by atoms with Gasteiger partial charge in [0.1, 0.15) is 47.8 Å². The van der Waals surface area contributed by atoms with Crippen molar-refractivity contribution in [1.82, 2.24) is 5.32 Å². The smallest absolute Gasteiger partial charge is 0.408 e. The van der Waals surface area contributed by atoms with Crippen molar-refractivity contribution in [3.05, 3.63) is 113 Å². The van der Waals surface area contributed by atoms with Gasteiger partial charge in [-0.15, -0.1) is 0 Å². The van der Waals surface area contributed by atoms with Crippen molar-refractivity contribution in [2.45, 2.75) is 143 Å². The summed E-state index contributed by atoms with van der Waals surface area (Å²) in [4.78, 5) is 96.2. The van der Waals surface area contributed by atoms with Gasteiger partial charge in [-0.05, 0) is 75.6 Å². The lowest BCUT2D eigenvalue weighted by Crippen LogP contribution is -2.82. The Kier molecular flexibility index (Phi) is 15.6. The van der Waals surface area contributed by atoms with E-state index < -0.39 is 135 Å². The minimum Gasteiger partial charge on any atom is -0.459 e. The van der Waals surface area contributed by atoms with Gasteiger partial charge in [-0.1, -0.05) is 116 Å². The van der Waals surface area contributed by atoms with Crippen LogP contribution in [0.1, 0.15) is 97.1 Å². The fourth-order valence-corrected chi connectivity index (χ4v) is 12.4. The number of ether oxygens (including phenoxy) is 7. The van der Waals surface area contributed by atoms with Crippen LogP contribution in [0.5, 0.6) is 0 Å². The zero-order valence-electron chi connectivity index (χ0n) is 41.7. The number of carbonyl (C=O) groups excluding carboxylic acids is 7. The molecule has 17 nitrogen and oxygen atoms in total. The van der Waals surface area contributed by atoms with E-state index in [1.54, 1.807) is 99.6 Å². The first-order valence-corrected chi connectivity index (χ1v) is 25.2. The molecule has 3 N–H and O–H groups in total. The van der Waals surface area contributed by atoms with E-state index in [2.05, 4.69) is 5.32 Å². The minimum atomic E-state index is -2.56. The van der Waals surface area contributed by atoms with Crippen LogP contribution >= 0.6 is 35.0 Å². The van der Waals surface area contributed by atoms with Crippen LogP contribution in [-0.4, -0.2) is 116 Å². The third-order valence-corrected chi connectivity index (χ3v) is 16.0. The monoisotopic (exact) mass is 1070 g/mol. The molecule has 3 aromatic rings. The first-order chi connectivity index (χ1) is 34.1. The number of hydrogen-bond donors (Lipinski definition) is 3.